The van der Waals surface area contributed by atoms with E-state index in [1.165, 1.54) is 19.4 Å². The fraction of sp³-hybridized carbons (Fsp3) is 0.524. The summed E-state index contributed by atoms with van der Waals surface area (Å²) in [6, 6.07) is 1.93. The van der Waals surface area contributed by atoms with Gasteiger partial charge in [0.25, 0.3) is 0 Å². The smallest absolute Gasteiger partial charge is 0.156 e. The fourth-order valence-electron chi connectivity index (χ4n) is 4.29. The van der Waals surface area contributed by atoms with E-state index in [0.717, 1.165) is 73.4 Å². The molecule has 29 heavy (non-hydrogen) atoms. The summed E-state index contributed by atoms with van der Waals surface area (Å²) in [5.41, 5.74) is 3.57. The number of piperazine rings is 1. The maximum Gasteiger partial charge on any atom is 0.156 e. The molecule has 3 aromatic heterocycles. The molecule has 0 saturated carbocycles. The molecule has 0 aromatic carbocycles. The number of fused-ring (bicyclic) bond motifs is 1. The van der Waals surface area contributed by atoms with E-state index in [1.807, 2.05) is 25.5 Å². The molecule has 0 bridgehead atoms. The maximum absolute atomic E-state index is 5.50. The minimum atomic E-state index is 0.772. The number of aryl methyl sites for hydroxylation is 1. The van der Waals surface area contributed by atoms with Gasteiger partial charge in [-0.3, -0.25) is 14.6 Å². The van der Waals surface area contributed by atoms with E-state index in [9.17, 15) is 0 Å². The molecule has 2 aliphatic rings. The zero-order chi connectivity index (χ0) is 19.6. The Kier molecular flexibility index (Phi) is 5.12. The zero-order valence-corrected chi connectivity index (χ0v) is 16.9. The highest BCUT2D eigenvalue weighted by Gasteiger charge is 2.25. The van der Waals surface area contributed by atoms with Crippen LogP contribution >= 0.6 is 0 Å². The van der Waals surface area contributed by atoms with Gasteiger partial charge in [-0.1, -0.05) is 0 Å². The number of nitrogens with zero attached hydrogens (tertiary/aromatic N) is 7. The Balaban J connectivity index is 1.38. The molecule has 8 heteroatoms. The summed E-state index contributed by atoms with van der Waals surface area (Å²) in [5.74, 6) is 1.72. The largest absolute Gasteiger partial charge is 0.381 e. The summed E-state index contributed by atoms with van der Waals surface area (Å²) < 4.78 is 7.31. The van der Waals surface area contributed by atoms with Crippen molar-refractivity contribution in [3.8, 4) is 11.3 Å². The van der Waals surface area contributed by atoms with E-state index in [0.29, 0.717) is 0 Å². The lowest BCUT2D eigenvalue weighted by atomic mass is 9.99. The molecule has 8 nitrogen and oxygen atoms in total. The molecule has 0 N–H and O–H groups in total. The molecule has 0 radical (unpaired) electrons. The monoisotopic (exact) mass is 393 g/mol. The van der Waals surface area contributed by atoms with Crippen molar-refractivity contribution < 1.29 is 4.74 Å². The van der Waals surface area contributed by atoms with Crippen molar-refractivity contribution in [1.82, 2.24) is 29.6 Å². The van der Waals surface area contributed by atoms with Crippen LogP contribution in [0.1, 0.15) is 12.8 Å². The third kappa shape index (κ3) is 3.95. The van der Waals surface area contributed by atoms with Crippen LogP contribution in [0.3, 0.4) is 0 Å². The second kappa shape index (κ2) is 8.04. The zero-order valence-electron chi connectivity index (χ0n) is 16.9. The van der Waals surface area contributed by atoms with Crippen molar-refractivity contribution in [2.75, 3.05) is 50.8 Å². The molecular weight excluding hydrogens is 366 g/mol. The lowest BCUT2D eigenvalue weighted by molar-refractivity contribution is 0.0517. The topological polar surface area (TPSA) is 72.2 Å². The van der Waals surface area contributed by atoms with Gasteiger partial charge in [0.15, 0.2) is 5.82 Å². The molecule has 0 aliphatic carbocycles. The van der Waals surface area contributed by atoms with E-state index in [-0.39, 0.29) is 0 Å². The molecule has 5 heterocycles. The Morgan fingerprint density at radius 1 is 1.03 bits per heavy atom. The third-order valence-corrected chi connectivity index (χ3v) is 5.96. The van der Waals surface area contributed by atoms with Gasteiger partial charge in [0.1, 0.15) is 11.2 Å². The van der Waals surface area contributed by atoms with Crippen LogP contribution < -0.4 is 4.90 Å². The number of ether oxygens (including phenoxy) is 1. The SMILES string of the molecule is Cn1cc(-c2nc3cnccc3nc2N2CCN(CC3CCOCC3)CC2)cn1. The average Bonchev–Trinajstić information content (AvgIpc) is 3.20. The second-order valence-electron chi connectivity index (χ2n) is 8.01. The van der Waals surface area contributed by atoms with E-state index >= 15 is 0 Å². The number of hydrogen-bond acceptors (Lipinski definition) is 7. The normalized spacial score (nSPS) is 19.1. The minimum absolute atomic E-state index is 0.772. The van der Waals surface area contributed by atoms with Gasteiger partial charge in [-0.25, -0.2) is 9.97 Å². The first kappa shape index (κ1) is 18.4. The summed E-state index contributed by atoms with van der Waals surface area (Å²) >= 11 is 0. The van der Waals surface area contributed by atoms with Crippen LogP contribution in [0.25, 0.3) is 22.3 Å². The number of rotatable bonds is 4. The van der Waals surface area contributed by atoms with Crippen molar-refractivity contribution in [2.24, 2.45) is 13.0 Å². The summed E-state index contributed by atoms with van der Waals surface area (Å²) in [4.78, 5) is 19.0. The van der Waals surface area contributed by atoms with Crippen LogP contribution in [-0.2, 0) is 11.8 Å². The lowest BCUT2D eigenvalue weighted by Crippen LogP contribution is -2.48. The van der Waals surface area contributed by atoms with Gasteiger partial charge in [-0.2, -0.15) is 5.10 Å². The molecule has 0 amide bonds. The van der Waals surface area contributed by atoms with Gasteiger partial charge >= 0.3 is 0 Å². The predicted octanol–water partition coefficient (Wildman–Crippen LogP) is 1.97. The molecule has 0 spiro atoms. The molecule has 2 fully saturated rings. The Bertz CT molecular complexity index is 974. The van der Waals surface area contributed by atoms with Crippen molar-refractivity contribution in [3.63, 3.8) is 0 Å². The van der Waals surface area contributed by atoms with Crippen molar-refractivity contribution >= 4 is 16.9 Å². The molecule has 0 atom stereocenters. The van der Waals surface area contributed by atoms with Crippen LogP contribution in [0.4, 0.5) is 5.82 Å². The van der Waals surface area contributed by atoms with E-state index < -0.39 is 0 Å². The quantitative estimate of drug-likeness (QED) is 0.671. The molecule has 2 aliphatic heterocycles. The highest BCUT2D eigenvalue weighted by atomic mass is 16.5. The van der Waals surface area contributed by atoms with Crippen LogP contribution in [0.2, 0.25) is 0 Å². The van der Waals surface area contributed by atoms with Gasteiger partial charge in [-0.05, 0) is 24.8 Å². The molecule has 0 unspecified atom stereocenters. The molecular formula is C21H27N7O. The summed E-state index contributed by atoms with van der Waals surface area (Å²) in [6.07, 6.45) is 9.79. The van der Waals surface area contributed by atoms with Crippen LogP contribution in [0, 0.1) is 5.92 Å². The molecule has 5 rings (SSSR count). The lowest BCUT2D eigenvalue weighted by Gasteiger charge is -2.38. The van der Waals surface area contributed by atoms with E-state index in [1.54, 1.807) is 17.1 Å². The second-order valence-corrected chi connectivity index (χ2v) is 8.01. The highest BCUT2D eigenvalue weighted by molar-refractivity contribution is 5.82. The summed E-state index contributed by atoms with van der Waals surface area (Å²) in [7, 11) is 1.92. The van der Waals surface area contributed by atoms with Crippen molar-refractivity contribution in [1.29, 1.82) is 0 Å². The maximum atomic E-state index is 5.50. The van der Waals surface area contributed by atoms with E-state index in [2.05, 4.69) is 19.9 Å². The third-order valence-electron chi connectivity index (χ3n) is 5.96. The van der Waals surface area contributed by atoms with Gasteiger partial charge in [-0.15, -0.1) is 0 Å². The van der Waals surface area contributed by atoms with E-state index in [4.69, 9.17) is 14.7 Å². The molecule has 152 valence electrons. The van der Waals surface area contributed by atoms with Crippen LogP contribution in [-0.4, -0.2) is 75.6 Å². The first-order chi connectivity index (χ1) is 14.3. The van der Waals surface area contributed by atoms with Gasteiger partial charge in [0.05, 0.1) is 17.9 Å². The van der Waals surface area contributed by atoms with Gasteiger partial charge in [0.2, 0.25) is 0 Å². The minimum Gasteiger partial charge on any atom is -0.381 e. The Labute approximate surface area is 170 Å². The van der Waals surface area contributed by atoms with Crippen LogP contribution in [0.5, 0.6) is 0 Å². The first-order valence-corrected chi connectivity index (χ1v) is 10.4. The number of aromatic nitrogens is 5. The fourth-order valence-corrected chi connectivity index (χ4v) is 4.29. The predicted molar refractivity (Wildman–Crippen MR) is 112 cm³/mol. The summed E-state index contributed by atoms with van der Waals surface area (Å²) in [6.45, 7) is 7.05. The standard InChI is InChI=1S/C21H27N7O/c1-26-15-17(12-23-26)20-21(25-18-2-5-22-13-19(18)24-20)28-8-6-27(7-9-28)14-16-3-10-29-11-4-16/h2,5,12-13,15-16H,3-4,6-11,14H2,1H3. The molecule has 3 aromatic rings. The van der Waals surface area contributed by atoms with Crippen LogP contribution in [0.15, 0.2) is 30.9 Å². The van der Waals surface area contributed by atoms with Crippen molar-refractivity contribution in [2.45, 2.75) is 12.8 Å². The summed E-state index contributed by atoms with van der Waals surface area (Å²) in [5, 5.41) is 4.33. The Morgan fingerprint density at radius 3 is 2.62 bits per heavy atom. The van der Waals surface area contributed by atoms with Gasteiger partial charge in [0, 0.05) is 70.9 Å². The molecule has 2 saturated heterocycles. The highest BCUT2D eigenvalue weighted by Crippen LogP contribution is 2.30. The number of pyridine rings is 1. The Morgan fingerprint density at radius 2 is 1.86 bits per heavy atom. The average molecular weight is 393 g/mol. The number of hydrogen-bond donors (Lipinski definition) is 0. The first-order valence-electron chi connectivity index (χ1n) is 10.4. The van der Waals surface area contributed by atoms with Crippen molar-refractivity contribution in [3.05, 3.63) is 30.9 Å². The van der Waals surface area contributed by atoms with Gasteiger partial charge < -0.3 is 9.64 Å². The number of anilines is 1. The Hall–Kier alpha value is -2.58.